The van der Waals surface area contributed by atoms with Gasteiger partial charge in [-0.15, -0.1) is 0 Å². The van der Waals surface area contributed by atoms with E-state index >= 15 is 0 Å². The molecule has 0 fully saturated rings. The van der Waals surface area contributed by atoms with Crippen LogP contribution in [0.15, 0.2) is 35.2 Å². The lowest BCUT2D eigenvalue weighted by molar-refractivity contribution is -0.141. The number of carboxylic acid groups (broad SMARTS) is 1. The fourth-order valence-corrected chi connectivity index (χ4v) is 3.44. The molecule has 0 aromatic heterocycles. The number of likely N-dealkylation sites (N-methyl/N-ethyl adjacent to an activating group) is 1. The van der Waals surface area contributed by atoms with E-state index in [2.05, 4.69) is 0 Å². The SMILES string of the molecule is CSCC[C@H](C(=O)O)N(C)S(=O)(=O)c1ccccc1. The molecule has 0 aliphatic carbocycles. The number of nitrogens with zero attached hydrogens (tertiary/aromatic N) is 1. The van der Waals surface area contributed by atoms with Gasteiger partial charge in [0.1, 0.15) is 6.04 Å². The molecule has 0 spiro atoms. The zero-order chi connectivity index (χ0) is 14.5. The monoisotopic (exact) mass is 303 g/mol. The van der Waals surface area contributed by atoms with Crippen LogP contribution >= 0.6 is 11.8 Å². The predicted molar refractivity (Wildman–Crippen MR) is 75.8 cm³/mol. The van der Waals surface area contributed by atoms with Crippen molar-refractivity contribution in [3.05, 3.63) is 30.3 Å². The third kappa shape index (κ3) is 3.95. The Hall–Kier alpha value is -1.05. The van der Waals surface area contributed by atoms with Gasteiger partial charge in [0.05, 0.1) is 4.90 Å². The quantitative estimate of drug-likeness (QED) is 0.826. The Balaban J connectivity index is 3.02. The largest absolute Gasteiger partial charge is 0.480 e. The molecule has 1 aromatic carbocycles. The van der Waals surface area contributed by atoms with Crippen LogP contribution in [-0.2, 0) is 14.8 Å². The molecule has 0 amide bonds. The summed E-state index contributed by atoms with van der Waals surface area (Å²) in [5.41, 5.74) is 0. The molecule has 1 atom stereocenters. The molecule has 0 bridgehead atoms. The van der Waals surface area contributed by atoms with Crippen LogP contribution < -0.4 is 0 Å². The van der Waals surface area contributed by atoms with E-state index in [1.165, 1.54) is 30.9 Å². The van der Waals surface area contributed by atoms with Crippen molar-refractivity contribution >= 4 is 27.8 Å². The van der Waals surface area contributed by atoms with E-state index in [9.17, 15) is 13.2 Å². The van der Waals surface area contributed by atoms with E-state index in [1.54, 1.807) is 18.2 Å². The zero-order valence-electron chi connectivity index (χ0n) is 10.8. The van der Waals surface area contributed by atoms with Crippen molar-refractivity contribution in [2.24, 2.45) is 0 Å². The van der Waals surface area contributed by atoms with Crippen molar-refractivity contribution in [3.63, 3.8) is 0 Å². The van der Waals surface area contributed by atoms with Gasteiger partial charge >= 0.3 is 5.97 Å². The number of aliphatic carboxylic acids is 1. The minimum atomic E-state index is -3.77. The van der Waals surface area contributed by atoms with Crippen molar-refractivity contribution in [1.29, 1.82) is 0 Å². The maximum atomic E-state index is 12.3. The lowest BCUT2D eigenvalue weighted by Crippen LogP contribution is -2.42. The van der Waals surface area contributed by atoms with Crippen LogP contribution in [0.4, 0.5) is 0 Å². The average molecular weight is 303 g/mol. The number of thioether (sulfide) groups is 1. The Labute approximate surface area is 117 Å². The molecule has 106 valence electrons. The molecule has 5 nitrogen and oxygen atoms in total. The van der Waals surface area contributed by atoms with Gasteiger partial charge in [-0.05, 0) is 30.6 Å². The summed E-state index contributed by atoms with van der Waals surface area (Å²) < 4.78 is 25.5. The Morgan fingerprint density at radius 1 is 1.37 bits per heavy atom. The maximum Gasteiger partial charge on any atom is 0.322 e. The minimum absolute atomic E-state index is 0.105. The Kier molecular flexibility index (Phi) is 5.84. The third-order valence-corrected chi connectivity index (χ3v) is 5.26. The van der Waals surface area contributed by atoms with Crippen LogP contribution in [0.25, 0.3) is 0 Å². The van der Waals surface area contributed by atoms with E-state index in [4.69, 9.17) is 5.11 Å². The minimum Gasteiger partial charge on any atom is -0.480 e. The van der Waals surface area contributed by atoms with Crippen molar-refractivity contribution < 1.29 is 18.3 Å². The van der Waals surface area contributed by atoms with Crippen molar-refractivity contribution in [1.82, 2.24) is 4.31 Å². The Bertz CT molecular complexity index is 516. The highest BCUT2D eigenvalue weighted by molar-refractivity contribution is 7.98. The van der Waals surface area contributed by atoms with Crippen LogP contribution in [-0.4, -0.2) is 48.9 Å². The van der Waals surface area contributed by atoms with Crippen LogP contribution in [0.5, 0.6) is 0 Å². The summed E-state index contributed by atoms with van der Waals surface area (Å²) in [6.07, 6.45) is 2.13. The second kappa shape index (κ2) is 6.93. The van der Waals surface area contributed by atoms with Crippen LogP contribution in [0.3, 0.4) is 0 Å². The van der Waals surface area contributed by atoms with Crippen molar-refractivity contribution in [2.75, 3.05) is 19.1 Å². The number of hydrogen-bond donors (Lipinski definition) is 1. The van der Waals surface area contributed by atoms with E-state index in [0.29, 0.717) is 5.75 Å². The lowest BCUT2D eigenvalue weighted by atomic mass is 10.2. The summed E-state index contributed by atoms with van der Waals surface area (Å²) in [4.78, 5) is 11.3. The molecule has 1 aromatic rings. The van der Waals surface area contributed by atoms with Crippen LogP contribution in [0, 0.1) is 0 Å². The number of benzene rings is 1. The molecule has 1 rings (SSSR count). The van der Waals surface area contributed by atoms with Gasteiger partial charge in [0.15, 0.2) is 0 Å². The standard InChI is InChI=1S/C12H17NO4S2/c1-13(11(12(14)15)8-9-18-2)19(16,17)10-6-4-3-5-7-10/h3-7,11H,8-9H2,1-2H3,(H,14,15)/t11-/m1/s1. The molecule has 0 saturated carbocycles. The van der Waals surface area contributed by atoms with Crippen LogP contribution in [0.1, 0.15) is 6.42 Å². The van der Waals surface area contributed by atoms with Gasteiger partial charge < -0.3 is 5.11 Å². The summed E-state index contributed by atoms with van der Waals surface area (Å²) >= 11 is 1.49. The molecule has 0 aliphatic heterocycles. The first-order chi connectivity index (χ1) is 8.91. The summed E-state index contributed by atoms with van der Waals surface area (Å²) in [6.45, 7) is 0. The highest BCUT2D eigenvalue weighted by Crippen LogP contribution is 2.18. The van der Waals surface area contributed by atoms with E-state index in [-0.39, 0.29) is 11.3 Å². The normalized spacial score (nSPS) is 13.4. The predicted octanol–water partition coefficient (Wildman–Crippen LogP) is 1.51. The average Bonchev–Trinajstić information content (AvgIpc) is 2.39. The van der Waals surface area contributed by atoms with Crippen LogP contribution in [0.2, 0.25) is 0 Å². The second-order valence-electron chi connectivity index (χ2n) is 3.97. The molecular weight excluding hydrogens is 286 g/mol. The number of carbonyl (C=O) groups is 1. The molecule has 0 unspecified atom stereocenters. The number of sulfonamides is 1. The van der Waals surface area contributed by atoms with E-state index < -0.39 is 22.0 Å². The Morgan fingerprint density at radius 3 is 2.42 bits per heavy atom. The van der Waals surface area contributed by atoms with Gasteiger partial charge in [0.25, 0.3) is 0 Å². The first-order valence-electron chi connectivity index (χ1n) is 5.66. The molecule has 0 saturated heterocycles. The summed E-state index contributed by atoms with van der Waals surface area (Å²) in [5, 5.41) is 9.17. The highest BCUT2D eigenvalue weighted by atomic mass is 32.2. The lowest BCUT2D eigenvalue weighted by Gasteiger charge is -2.24. The first kappa shape index (κ1) is 16.0. The molecule has 1 N–H and O–H groups in total. The van der Waals surface area contributed by atoms with E-state index in [1.807, 2.05) is 6.26 Å². The van der Waals surface area contributed by atoms with Crippen molar-refractivity contribution in [2.45, 2.75) is 17.4 Å². The third-order valence-electron chi connectivity index (χ3n) is 2.74. The van der Waals surface area contributed by atoms with Gasteiger partial charge in [-0.1, -0.05) is 18.2 Å². The Morgan fingerprint density at radius 2 is 1.95 bits per heavy atom. The highest BCUT2D eigenvalue weighted by Gasteiger charge is 2.32. The summed E-state index contributed by atoms with van der Waals surface area (Å²) in [6, 6.07) is 6.80. The van der Waals surface area contributed by atoms with Gasteiger partial charge in [-0.2, -0.15) is 16.1 Å². The van der Waals surface area contributed by atoms with Crippen molar-refractivity contribution in [3.8, 4) is 0 Å². The molecule has 7 heteroatoms. The topological polar surface area (TPSA) is 74.7 Å². The van der Waals surface area contributed by atoms with E-state index in [0.717, 1.165) is 4.31 Å². The second-order valence-corrected chi connectivity index (χ2v) is 6.95. The molecule has 0 radical (unpaired) electrons. The summed E-state index contributed by atoms with van der Waals surface area (Å²) in [7, 11) is -2.46. The summed E-state index contributed by atoms with van der Waals surface area (Å²) in [5.74, 6) is -0.540. The fourth-order valence-electron chi connectivity index (χ4n) is 1.62. The molecular formula is C12H17NO4S2. The smallest absolute Gasteiger partial charge is 0.322 e. The zero-order valence-corrected chi connectivity index (χ0v) is 12.4. The van der Waals surface area contributed by atoms with Gasteiger partial charge in [-0.25, -0.2) is 8.42 Å². The van der Waals surface area contributed by atoms with Gasteiger partial charge in [-0.3, -0.25) is 4.79 Å². The fraction of sp³-hybridized carbons (Fsp3) is 0.417. The van der Waals surface area contributed by atoms with Gasteiger partial charge in [0, 0.05) is 7.05 Å². The number of hydrogen-bond acceptors (Lipinski definition) is 4. The molecule has 0 aliphatic rings. The first-order valence-corrected chi connectivity index (χ1v) is 8.49. The molecule has 0 heterocycles. The number of rotatable bonds is 7. The molecule has 19 heavy (non-hydrogen) atoms. The van der Waals surface area contributed by atoms with Gasteiger partial charge in [0.2, 0.25) is 10.0 Å². The number of carboxylic acids is 1. The maximum absolute atomic E-state index is 12.3.